The normalized spacial score (nSPS) is 23.7. The van der Waals surface area contributed by atoms with Gasteiger partial charge in [0.05, 0.1) is 18.8 Å². The number of nitrogens with one attached hydrogen (secondary N) is 1. The lowest BCUT2D eigenvalue weighted by atomic mass is 10.0. The average molecular weight is 207 g/mol. The van der Waals surface area contributed by atoms with E-state index in [4.69, 9.17) is 4.74 Å². The molecule has 82 valence electrons. The Morgan fingerprint density at radius 3 is 2.87 bits per heavy atom. The van der Waals surface area contributed by atoms with Crippen LogP contribution in [0.5, 0.6) is 0 Å². The van der Waals surface area contributed by atoms with Gasteiger partial charge in [-0.15, -0.1) is 0 Å². The quantitative estimate of drug-likeness (QED) is 0.780. The molecule has 1 aliphatic rings. The van der Waals surface area contributed by atoms with E-state index in [1.807, 2.05) is 30.3 Å². The number of morpholine rings is 1. The number of hydrogen-bond acceptors (Lipinski definition) is 3. The van der Waals surface area contributed by atoms with Crippen molar-refractivity contribution in [2.24, 2.45) is 0 Å². The molecule has 3 heteroatoms. The van der Waals surface area contributed by atoms with Gasteiger partial charge in [-0.25, -0.2) is 0 Å². The van der Waals surface area contributed by atoms with E-state index in [0.29, 0.717) is 6.42 Å². The molecule has 3 nitrogen and oxygen atoms in total. The van der Waals surface area contributed by atoms with Crippen molar-refractivity contribution in [3.8, 4) is 0 Å². The second-order valence-corrected chi connectivity index (χ2v) is 3.86. The molecule has 2 atom stereocenters. The third-order valence-corrected chi connectivity index (χ3v) is 2.67. The van der Waals surface area contributed by atoms with Gasteiger partial charge in [0.2, 0.25) is 0 Å². The second-order valence-electron chi connectivity index (χ2n) is 3.86. The summed E-state index contributed by atoms with van der Waals surface area (Å²) in [6.45, 7) is 2.49. The molecule has 1 saturated heterocycles. The zero-order valence-electron chi connectivity index (χ0n) is 8.73. The van der Waals surface area contributed by atoms with Gasteiger partial charge in [0.15, 0.2) is 0 Å². The fourth-order valence-electron chi connectivity index (χ4n) is 1.83. The van der Waals surface area contributed by atoms with Gasteiger partial charge in [-0.2, -0.15) is 0 Å². The van der Waals surface area contributed by atoms with Crippen molar-refractivity contribution in [2.75, 3.05) is 19.7 Å². The third kappa shape index (κ3) is 3.02. The van der Waals surface area contributed by atoms with Crippen molar-refractivity contribution in [3.63, 3.8) is 0 Å². The first-order valence-electron chi connectivity index (χ1n) is 5.41. The van der Waals surface area contributed by atoms with Gasteiger partial charge < -0.3 is 15.2 Å². The maximum absolute atomic E-state index is 9.96. The zero-order chi connectivity index (χ0) is 10.5. The van der Waals surface area contributed by atoms with Crippen molar-refractivity contribution < 1.29 is 9.84 Å². The standard InChI is InChI=1S/C12H17NO2/c14-12(10-4-2-1-3-5-10)8-11-9-13-6-7-15-11/h1-5,11-14H,6-9H2/t11-,12+/m0/s1. The number of ether oxygens (including phenoxy) is 1. The molecule has 1 fully saturated rings. The van der Waals surface area contributed by atoms with Crippen molar-refractivity contribution in [1.82, 2.24) is 5.32 Å². The van der Waals surface area contributed by atoms with E-state index >= 15 is 0 Å². The summed E-state index contributed by atoms with van der Waals surface area (Å²) in [5.41, 5.74) is 0.965. The van der Waals surface area contributed by atoms with Crippen LogP contribution >= 0.6 is 0 Å². The van der Waals surface area contributed by atoms with E-state index in [2.05, 4.69) is 5.32 Å². The van der Waals surface area contributed by atoms with Crippen LogP contribution in [-0.4, -0.2) is 30.9 Å². The molecule has 0 spiro atoms. The first-order chi connectivity index (χ1) is 7.36. The van der Waals surface area contributed by atoms with Gasteiger partial charge in [0.25, 0.3) is 0 Å². The largest absolute Gasteiger partial charge is 0.388 e. The molecule has 2 N–H and O–H groups in total. The molecular formula is C12H17NO2. The highest BCUT2D eigenvalue weighted by Crippen LogP contribution is 2.19. The Morgan fingerprint density at radius 2 is 2.20 bits per heavy atom. The Kier molecular flexibility index (Phi) is 3.72. The lowest BCUT2D eigenvalue weighted by Crippen LogP contribution is -2.39. The lowest BCUT2D eigenvalue weighted by molar-refractivity contribution is -0.00507. The molecule has 0 radical (unpaired) electrons. The Hall–Kier alpha value is -0.900. The summed E-state index contributed by atoms with van der Waals surface area (Å²) in [7, 11) is 0. The summed E-state index contributed by atoms with van der Waals surface area (Å²) < 4.78 is 5.55. The van der Waals surface area contributed by atoms with Gasteiger partial charge in [0, 0.05) is 19.5 Å². The third-order valence-electron chi connectivity index (χ3n) is 2.67. The van der Waals surface area contributed by atoms with E-state index in [-0.39, 0.29) is 6.10 Å². The highest BCUT2D eigenvalue weighted by atomic mass is 16.5. The summed E-state index contributed by atoms with van der Waals surface area (Å²) in [4.78, 5) is 0. The van der Waals surface area contributed by atoms with Crippen LogP contribution in [0.2, 0.25) is 0 Å². The van der Waals surface area contributed by atoms with Gasteiger partial charge in [-0.3, -0.25) is 0 Å². The van der Waals surface area contributed by atoms with Gasteiger partial charge in [0.1, 0.15) is 0 Å². The monoisotopic (exact) mass is 207 g/mol. The molecular weight excluding hydrogens is 190 g/mol. The van der Waals surface area contributed by atoms with Crippen LogP contribution in [-0.2, 0) is 4.74 Å². The second kappa shape index (κ2) is 5.26. The molecule has 1 heterocycles. The Labute approximate surface area is 90.1 Å². The van der Waals surface area contributed by atoms with Crippen molar-refractivity contribution in [3.05, 3.63) is 35.9 Å². The number of hydrogen-bond donors (Lipinski definition) is 2. The van der Waals surface area contributed by atoms with Crippen LogP contribution in [0.4, 0.5) is 0 Å². The van der Waals surface area contributed by atoms with Crippen LogP contribution in [0.15, 0.2) is 30.3 Å². The van der Waals surface area contributed by atoms with Crippen LogP contribution in [0, 0.1) is 0 Å². The predicted molar refractivity (Wildman–Crippen MR) is 58.6 cm³/mol. The fourth-order valence-corrected chi connectivity index (χ4v) is 1.83. The predicted octanol–water partition coefficient (Wildman–Crippen LogP) is 1.10. The molecule has 1 aliphatic heterocycles. The van der Waals surface area contributed by atoms with Crippen molar-refractivity contribution >= 4 is 0 Å². The number of benzene rings is 1. The van der Waals surface area contributed by atoms with Crippen LogP contribution in [0.3, 0.4) is 0 Å². The fraction of sp³-hybridized carbons (Fsp3) is 0.500. The average Bonchev–Trinajstić information content (AvgIpc) is 2.31. The summed E-state index contributed by atoms with van der Waals surface area (Å²) in [5.74, 6) is 0. The number of aliphatic hydroxyl groups is 1. The minimum absolute atomic E-state index is 0.133. The molecule has 0 amide bonds. The smallest absolute Gasteiger partial charge is 0.0815 e. The summed E-state index contributed by atoms with van der Waals surface area (Å²) >= 11 is 0. The van der Waals surface area contributed by atoms with E-state index in [1.54, 1.807) is 0 Å². The molecule has 0 bridgehead atoms. The topological polar surface area (TPSA) is 41.5 Å². The number of rotatable bonds is 3. The van der Waals surface area contributed by atoms with Crippen molar-refractivity contribution in [2.45, 2.75) is 18.6 Å². The highest BCUT2D eigenvalue weighted by molar-refractivity contribution is 5.17. The minimum Gasteiger partial charge on any atom is -0.388 e. The molecule has 0 saturated carbocycles. The Morgan fingerprint density at radius 1 is 1.40 bits per heavy atom. The van der Waals surface area contributed by atoms with Crippen LogP contribution in [0.25, 0.3) is 0 Å². The van der Waals surface area contributed by atoms with E-state index in [9.17, 15) is 5.11 Å². The molecule has 15 heavy (non-hydrogen) atoms. The van der Waals surface area contributed by atoms with Gasteiger partial charge in [-0.1, -0.05) is 30.3 Å². The van der Waals surface area contributed by atoms with Crippen LogP contribution in [0.1, 0.15) is 18.1 Å². The summed E-state index contributed by atoms with van der Waals surface area (Å²) in [6, 6.07) is 9.73. The molecule has 0 aliphatic carbocycles. The minimum atomic E-state index is -0.420. The first-order valence-corrected chi connectivity index (χ1v) is 5.41. The molecule has 0 aromatic heterocycles. The number of aliphatic hydroxyl groups excluding tert-OH is 1. The Bertz CT molecular complexity index is 283. The maximum Gasteiger partial charge on any atom is 0.0815 e. The SMILES string of the molecule is O[C@H](C[C@H]1CNCCO1)c1ccccc1. The highest BCUT2D eigenvalue weighted by Gasteiger charge is 2.18. The maximum atomic E-state index is 9.96. The zero-order valence-corrected chi connectivity index (χ0v) is 8.73. The lowest BCUT2D eigenvalue weighted by Gasteiger charge is -2.25. The summed E-state index contributed by atoms with van der Waals surface area (Å²) in [6.07, 6.45) is 0.377. The van der Waals surface area contributed by atoms with E-state index in [1.165, 1.54) is 0 Å². The molecule has 2 rings (SSSR count). The van der Waals surface area contributed by atoms with Crippen molar-refractivity contribution in [1.29, 1.82) is 0 Å². The molecule has 0 unspecified atom stereocenters. The van der Waals surface area contributed by atoms with E-state index in [0.717, 1.165) is 25.3 Å². The van der Waals surface area contributed by atoms with E-state index < -0.39 is 6.10 Å². The molecule has 1 aromatic carbocycles. The first kappa shape index (κ1) is 10.6. The Balaban J connectivity index is 1.88. The molecule has 1 aromatic rings. The van der Waals surface area contributed by atoms with Gasteiger partial charge in [-0.05, 0) is 5.56 Å². The van der Waals surface area contributed by atoms with Gasteiger partial charge >= 0.3 is 0 Å². The summed E-state index contributed by atoms with van der Waals surface area (Å²) in [5, 5.41) is 13.2. The van der Waals surface area contributed by atoms with Crippen LogP contribution < -0.4 is 5.32 Å².